The molecular formula is C15H13BrN2O3. The Morgan fingerprint density at radius 2 is 2.14 bits per heavy atom. The van der Waals surface area contributed by atoms with Gasteiger partial charge < -0.3 is 20.5 Å². The van der Waals surface area contributed by atoms with Crippen LogP contribution in [-0.2, 0) is 6.54 Å². The number of nitrogens with one attached hydrogen (secondary N) is 1. The van der Waals surface area contributed by atoms with Crippen LogP contribution in [-0.4, -0.2) is 12.7 Å². The van der Waals surface area contributed by atoms with E-state index in [2.05, 4.69) is 21.2 Å². The van der Waals surface area contributed by atoms with Crippen LogP contribution in [0.15, 0.2) is 40.9 Å². The standard InChI is InChI=1S/C15H13BrN2O3/c16-12-4-9(5-13-14(12)21-8-20-13)7-18-11-3-1-2-10(6-11)15(17)19/h1-6,18H,7-8H2,(H2,17,19). The summed E-state index contributed by atoms with van der Waals surface area (Å²) in [5.41, 5.74) is 7.62. The van der Waals surface area contributed by atoms with Gasteiger partial charge in [-0.25, -0.2) is 0 Å². The third-order valence-electron chi connectivity index (χ3n) is 3.13. The summed E-state index contributed by atoms with van der Waals surface area (Å²) >= 11 is 3.46. The molecule has 0 aliphatic carbocycles. The number of primary amides is 1. The largest absolute Gasteiger partial charge is 0.454 e. The highest BCUT2D eigenvalue weighted by Gasteiger charge is 2.17. The van der Waals surface area contributed by atoms with E-state index in [1.807, 2.05) is 18.2 Å². The van der Waals surface area contributed by atoms with Crippen molar-refractivity contribution in [2.24, 2.45) is 5.73 Å². The first-order chi connectivity index (χ1) is 10.1. The Hall–Kier alpha value is -2.21. The van der Waals surface area contributed by atoms with E-state index < -0.39 is 5.91 Å². The molecule has 2 aromatic carbocycles. The van der Waals surface area contributed by atoms with Gasteiger partial charge in [0, 0.05) is 17.8 Å². The molecule has 0 spiro atoms. The Balaban J connectivity index is 1.75. The second-order valence-corrected chi connectivity index (χ2v) is 5.46. The van der Waals surface area contributed by atoms with E-state index in [9.17, 15) is 4.79 Å². The molecule has 0 radical (unpaired) electrons. The van der Waals surface area contributed by atoms with Gasteiger partial charge in [-0.05, 0) is 51.8 Å². The summed E-state index contributed by atoms with van der Waals surface area (Å²) in [7, 11) is 0. The molecule has 5 nitrogen and oxygen atoms in total. The molecule has 2 aromatic rings. The molecule has 1 amide bonds. The summed E-state index contributed by atoms with van der Waals surface area (Å²) in [5.74, 6) is 1.02. The molecular weight excluding hydrogens is 336 g/mol. The van der Waals surface area contributed by atoms with Crippen LogP contribution in [0.5, 0.6) is 11.5 Å². The maximum atomic E-state index is 11.2. The van der Waals surface area contributed by atoms with E-state index in [1.54, 1.807) is 18.2 Å². The lowest BCUT2D eigenvalue weighted by Gasteiger charge is -2.09. The highest BCUT2D eigenvalue weighted by molar-refractivity contribution is 9.10. The molecule has 1 aliphatic rings. The number of fused-ring (bicyclic) bond motifs is 1. The second kappa shape index (κ2) is 5.65. The zero-order valence-electron chi connectivity index (χ0n) is 11.1. The number of benzene rings is 2. The maximum absolute atomic E-state index is 11.2. The number of carbonyl (C=O) groups is 1. The van der Waals surface area contributed by atoms with Gasteiger partial charge in [0.25, 0.3) is 0 Å². The van der Waals surface area contributed by atoms with Gasteiger partial charge in [-0.15, -0.1) is 0 Å². The van der Waals surface area contributed by atoms with Crippen LogP contribution >= 0.6 is 15.9 Å². The lowest BCUT2D eigenvalue weighted by Crippen LogP contribution is -2.11. The van der Waals surface area contributed by atoms with Crippen molar-refractivity contribution in [2.45, 2.75) is 6.54 Å². The quantitative estimate of drug-likeness (QED) is 0.890. The van der Waals surface area contributed by atoms with Gasteiger partial charge in [0.1, 0.15) is 0 Å². The van der Waals surface area contributed by atoms with E-state index in [1.165, 1.54) is 0 Å². The molecule has 0 aromatic heterocycles. The Morgan fingerprint density at radius 3 is 2.95 bits per heavy atom. The summed E-state index contributed by atoms with van der Waals surface area (Å²) in [5, 5.41) is 3.25. The van der Waals surface area contributed by atoms with Crippen LogP contribution in [0.4, 0.5) is 5.69 Å². The van der Waals surface area contributed by atoms with E-state index in [0.717, 1.165) is 27.2 Å². The average molecular weight is 349 g/mol. The zero-order chi connectivity index (χ0) is 14.8. The zero-order valence-corrected chi connectivity index (χ0v) is 12.6. The predicted octanol–water partition coefficient (Wildman–Crippen LogP) is 2.89. The Bertz CT molecular complexity index is 703. The van der Waals surface area contributed by atoms with Crippen LogP contribution in [0.25, 0.3) is 0 Å². The molecule has 0 fully saturated rings. The SMILES string of the molecule is NC(=O)c1cccc(NCc2cc(Br)c3c(c2)OCO3)c1. The van der Waals surface area contributed by atoms with Crippen molar-refractivity contribution in [3.63, 3.8) is 0 Å². The minimum Gasteiger partial charge on any atom is -0.454 e. The van der Waals surface area contributed by atoms with Gasteiger partial charge in [-0.3, -0.25) is 4.79 Å². The molecule has 6 heteroatoms. The maximum Gasteiger partial charge on any atom is 0.248 e. The normalized spacial score (nSPS) is 12.2. The number of rotatable bonds is 4. The van der Waals surface area contributed by atoms with Gasteiger partial charge in [-0.1, -0.05) is 6.07 Å². The average Bonchev–Trinajstić information content (AvgIpc) is 2.94. The fraction of sp³-hybridized carbons (Fsp3) is 0.133. The molecule has 1 aliphatic heterocycles. The second-order valence-electron chi connectivity index (χ2n) is 4.61. The van der Waals surface area contributed by atoms with E-state index >= 15 is 0 Å². The van der Waals surface area contributed by atoms with Gasteiger partial charge in [0.15, 0.2) is 11.5 Å². The predicted molar refractivity (Wildman–Crippen MR) is 82.6 cm³/mol. The van der Waals surface area contributed by atoms with Crippen LogP contribution in [0.2, 0.25) is 0 Å². The van der Waals surface area contributed by atoms with Crippen molar-refractivity contribution in [2.75, 3.05) is 12.1 Å². The molecule has 0 unspecified atom stereocenters. The van der Waals surface area contributed by atoms with Crippen molar-refractivity contribution >= 4 is 27.5 Å². The number of hydrogen-bond acceptors (Lipinski definition) is 4. The number of ether oxygens (including phenoxy) is 2. The van der Waals surface area contributed by atoms with Crippen LogP contribution in [0, 0.1) is 0 Å². The number of anilines is 1. The monoisotopic (exact) mass is 348 g/mol. The summed E-state index contributed by atoms with van der Waals surface area (Å²) in [6.45, 7) is 0.836. The molecule has 0 saturated heterocycles. The Labute approximate surface area is 130 Å². The van der Waals surface area contributed by atoms with Crippen molar-refractivity contribution in [3.8, 4) is 11.5 Å². The summed E-state index contributed by atoms with van der Waals surface area (Å²) in [4.78, 5) is 11.2. The van der Waals surface area contributed by atoms with Crippen LogP contribution in [0.1, 0.15) is 15.9 Å². The van der Waals surface area contributed by atoms with Gasteiger partial charge >= 0.3 is 0 Å². The Morgan fingerprint density at radius 1 is 1.29 bits per heavy atom. The molecule has 1 heterocycles. The molecule has 3 rings (SSSR count). The smallest absolute Gasteiger partial charge is 0.248 e. The molecule has 108 valence electrons. The highest BCUT2D eigenvalue weighted by atomic mass is 79.9. The number of nitrogens with two attached hydrogens (primary N) is 1. The minimum absolute atomic E-state index is 0.242. The molecule has 21 heavy (non-hydrogen) atoms. The van der Waals surface area contributed by atoms with Gasteiger partial charge in [0.2, 0.25) is 12.7 Å². The minimum atomic E-state index is -0.440. The topological polar surface area (TPSA) is 73.6 Å². The van der Waals surface area contributed by atoms with Gasteiger partial charge in [0.05, 0.1) is 4.47 Å². The molecule has 0 saturated carbocycles. The first-order valence-corrected chi connectivity index (χ1v) is 7.14. The third-order valence-corrected chi connectivity index (χ3v) is 3.72. The van der Waals surface area contributed by atoms with E-state index in [4.69, 9.17) is 15.2 Å². The third kappa shape index (κ3) is 2.95. The van der Waals surface area contributed by atoms with E-state index in [0.29, 0.717) is 12.1 Å². The highest BCUT2D eigenvalue weighted by Crippen LogP contribution is 2.40. The van der Waals surface area contributed by atoms with Crippen LogP contribution < -0.4 is 20.5 Å². The lowest BCUT2D eigenvalue weighted by atomic mass is 10.1. The number of amides is 1. The number of hydrogen-bond donors (Lipinski definition) is 2. The number of carbonyl (C=O) groups excluding carboxylic acids is 1. The number of halogens is 1. The summed E-state index contributed by atoms with van der Waals surface area (Å²) < 4.78 is 11.6. The van der Waals surface area contributed by atoms with E-state index in [-0.39, 0.29) is 6.79 Å². The van der Waals surface area contributed by atoms with Crippen molar-refractivity contribution in [1.29, 1.82) is 0 Å². The molecule has 0 atom stereocenters. The molecule has 0 bridgehead atoms. The van der Waals surface area contributed by atoms with Crippen molar-refractivity contribution < 1.29 is 14.3 Å². The van der Waals surface area contributed by atoms with Crippen molar-refractivity contribution in [1.82, 2.24) is 0 Å². The first-order valence-electron chi connectivity index (χ1n) is 6.35. The fourth-order valence-electron chi connectivity index (χ4n) is 2.11. The van der Waals surface area contributed by atoms with Gasteiger partial charge in [-0.2, -0.15) is 0 Å². The molecule has 3 N–H and O–H groups in total. The van der Waals surface area contributed by atoms with Crippen LogP contribution in [0.3, 0.4) is 0 Å². The summed E-state index contributed by atoms with van der Waals surface area (Å²) in [6.07, 6.45) is 0. The summed E-state index contributed by atoms with van der Waals surface area (Å²) in [6, 6.07) is 11.0. The van der Waals surface area contributed by atoms with Crippen molar-refractivity contribution in [3.05, 3.63) is 52.0 Å². The Kier molecular flexibility index (Phi) is 3.70. The first kappa shape index (κ1) is 13.8. The lowest BCUT2D eigenvalue weighted by molar-refractivity contribution is 0.100. The fourth-order valence-corrected chi connectivity index (χ4v) is 2.71.